The fourth-order valence-corrected chi connectivity index (χ4v) is 1.27. The van der Waals surface area contributed by atoms with Crippen molar-refractivity contribution in [2.45, 2.75) is 0 Å². The van der Waals surface area contributed by atoms with Crippen molar-refractivity contribution in [2.75, 3.05) is 26.2 Å². The van der Waals surface area contributed by atoms with E-state index in [9.17, 15) is 10.0 Å². The third-order valence-corrected chi connectivity index (χ3v) is 2.06. The van der Waals surface area contributed by atoms with Gasteiger partial charge in [0, 0.05) is 13.1 Å². The molecule has 1 aliphatic heterocycles. The van der Waals surface area contributed by atoms with Gasteiger partial charge in [-0.25, -0.2) is 0 Å². The minimum atomic E-state index is -0.150. The Kier molecular flexibility index (Phi) is 3.27. The topological polar surface area (TPSA) is 82.2 Å². The van der Waals surface area contributed by atoms with Crippen molar-refractivity contribution < 1.29 is 15.0 Å². The first-order valence-corrected chi connectivity index (χ1v) is 4.17. The van der Waals surface area contributed by atoms with E-state index < -0.39 is 0 Å². The second-order valence-corrected chi connectivity index (χ2v) is 2.83. The van der Waals surface area contributed by atoms with E-state index in [1.165, 1.54) is 11.1 Å². The molecule has 1 aliphatic rings. The van der Waals surface area contributed by atoms with E-state index in [1.54, 1.807) is 4.90 Å². The molecule has 7 nitrogen and oxygen atoms in total. The predicted molar refractivity (Wildman–Crippen MR) is 46.2 cm³/mol. The van der Waals surface area contributed by atoms with Crippen molar-refractivity contribution >= 4 is 5.91 Å². The second-order valence-electron chi connectivity index (χ2n) is 2.83. The quantitative estimate of drug-likeness (QED) is 0.284. The van der Waals surface area contributed by atoms with Crippen LogP contribution < -0.4 is 0 Å². The Morgan fingerprint density at radius 1 is 1.50 bits per heavy atom. The zero-order chi connectivity index (χ0) is 10.6. The number of carbonyl (C=O) groups is 1. The zero-order valence-corrected chi connectivity index (χ0v) is 7.67. The van der Waals surface area contributed by atoms with Gasteiger partial charge in [-0.2, -0.15) is 0 Å². The van der Waals surface area contributed by atoms with Gasteiger partial charge in [0.1, 0.15) is 0 Å². The minimum absolute atomic E-state index is 0.121. The number of nitrogens with zero attached hydrogens (tertiary/aromatic N) is 4. The summed E-state index contributed by atoms with van der Waals surface area (Å²) in [6.07, 6.45) is 1.24. The van der Waals surface area contributed by atoms with Gasteiger partial charge in [-0.1, -0.05) is 6.58 Å². The molecule has 0 radical (unpaired) electrons. The largest absolute Gasteiger partial charge is 0.569 e. The first kappa shape index (κ1) is 10.3. The SMILES string of the molecule is C=CC(=O)N1CCN([N+]([O-])=NO)CC1. The number of hydrogen-bond donors (Lipinski definition) is 1. The molecule has 0 bridgehead atoms. The number of hydrazine groups is 1. The van der Waals surface area contributed by atoms with Crippen LogP contribution in [0.2, 0.25) is 0 Å². The van der Waals surface area contributed by atoms with Crippen molar-refractivity contribution in [2.24, 2.45) is 5.28 Å². The highest BCUT2D eigenvalue weighted by molar-refractivity contribution is 5.87. The minimum Gasteiger partial charge on any atom is -0.569 e. The van der Waals surface area contributed by atoms with Crippen molar-refractivity contribution in [3.05, 3.63) is 17.9 Å². The van der Waals surface area contributed by atoms with Gasteiger partial charge in [0.05, 0.1) is 18.1 Å². The van der Waals surface area contributed by atoms with Crippen LogP contribution in [0.3, 0.4) is 0 Å². The fraction of sp³-hybridized carbons (Fsp3) is 0.571. The summed E-state index contributed by atoms with van der Waals surface area (Å²) in [5.41, 5.74) is 0. The Balaban J connectivity index is 2.46. The van der Waals surface area contributed by atoms with Gasteiger partial charge in [-0.3, -0.25) is 4.79 Å². The number of rotatable bonds is 2. The summed E-state index contributed by atoms with van der Waals surface area (Å²) in [6.45, 7) is 4.94. The average Bonchev–Trinajstić information content (AvgIpc) is 2.27. The Hall–Kier alpha value is -1.79. The zero-order valence-electron chi connectivity index (χ0n) is 7.67. The lowest BCUT2D eigenvalue weighted by atomic mass is 10.3. The number of piperazine rings is 1. The Bertz CT molecular complexity index is 248. The van der Waals surface area contributed by atoms with Crippen molar-refractivity contribution in [1.82, 2.24) is 9.91 Å². The summed E-state index contributed by atoms with van der Waals surface area (Å²) < 4.78 is 0. The Labute approximate surface area is 81.0 Å². The molecule has 0 aromatic rings. The molecular weight excluding hydrogens is 188 g/mol. The first-order chi connectivity index (χ1) is 6.69. The van der Waals surface area contributed by atoms with Crippen molar-refractivity contribution in [3.63, 3.8) is 0 Å². The third-order valence-electron chi connectivity index (χ3n) is 2.06. The van der Waals surface area contributed by atoms with E-state index in [0.717, 1.165) is 0 Å². The summed E-state index contributed by atoms with van der Waals surface area (Å²) in [6, 6.07) is 0. The lowest BCUT2D eigenvalue weighted by Crippen LogP contribution is -2.50. The molecule has 0 aliphatic carbocycles. The Morgan fingerprint density at radius 2 is 2.07 bits per heavy atom. The summed E-state index contributed by atoms with van der Waals surface area (Å²) in [5, 5.41) is 22.8. The number of hydrogen-bond acceptors (Lipinski definition) is 3. The van der Waals surface area contributed by atoms with Crippen LogP contribution in [0.25, 0.3) is 0 Å². The van der Waals surface area contributed by atoms with Crippen LogP contribution in [0, 0.1) is 5.21 Å². The molecule has 0 aromatic heterocycles. The molecular formula is C7H12N4O3. The van der Waals surface area contributed by atoms with Crippen LogP contribution in [-0.2, 0) is 4.79 Å². The maximum atomic E-state index is 11.1. The Morgan fingerprint density at radius 3 is 2.50 bits per heavy atom. The molecule has 14 heavy (non-hydrogen) atoms. The molecule has 1 heterocycles. The maximum Gasteiger partial charge on any atom is 0.246 e. The molecule has 1 amide bonds. The van der Waals surface area contributed by atoms with E-state index in [2.05, 4.69) is 11.9 Å². The van der Waals surface area contributed by atoms with E-state index in [1.807, 2.05) is 0 Å². The fourth-order valence-electron chi connectivity index (χ4n) is 1.27. The molecule has 78 valence electrons. The second kappa shape index (κ2) is 4.45. The normalized spacial score (nSPS) is 18.1. The molecule has 1 fully saturated rings. The molecule has 7 heteroatoms. The molecule has 0 unspecified atom stereocenters. The van der Waals surface area contributed by atoms with Gasteiger partial charge in [0.2, 0.25) is 11.2 Å². The van der Waals surface area contributed by atoms with Crippen molar-refractivity contribution in [1.29, 1.82) is 0 Å². The number of amides is 1. The molecule has 0 atom stereocenters. The van der Waals surface area contributed by atoms with E-state index >= 15 is 0 Å². The van der Waals surface area contributed by atoms with Gasteiger partial charge in [0.15, 0.2) is 0 Å². The van der Waals surface area contributed by atoms with Gasteiger partial charge in [-0.05, 0) is 6.08 Å². The summed E-state index contributed by atoms with van der Waals surface area (Å²) >= 11 is 0. The number of carbonyl (C=O) groups excluding carboxylic acids is 1. The summed E-state index contributed by atoms with van der Waals surface area (Å²) in [7, 11) is 0. The highest BCUT2D eigenvalue weighted by atomic mass is 16.6. The molecule has 1 rings (SSSR count). The maximum absolute atomic E-state index is 11.1. The van der Waals surface area contributed by atoms with Crippen LogP contribution in [-0.4, -0.2) is 52.2 Å². The van der Waals surface area contributed by atoms with Crippen LogP contribution in [0.1, 0.15) is 0 Å². The highest BCUT2D eigenvalue weighted by Crippen LogP contribution is 2.02. The van der Waals surface area contributed by atoms with Gasteiger partial charge in [-0.15, -0.1) is 5.01 Å². The standard InChI is InChI=1S/C7H12N4O3/c1-2-7(12)9-3-5-10(6-4-9)11(14)8-13/h2,13H,1,3-6H2. The molecule has 0 spiro atoms. The first-order valence-electron chi connectivity index (χ1n) is 4.17. The monoisotopic (exact) mass is 200 g/mol. The van der Waals surface area contributed by atoms with Crippen LogP contribution in [0.4, 0.5) is 0 Å². The summed E-state index contributed by atoms with van der Waals surface area (Å²) in [4.78, 5) is 12.8. The lowest BCUT2D eigenvalue weighted by Gasteiger charge is -2.30. The third kappa shape index (κ3) is 2.12. The molecule has 0 saturated carbocycles. The van der Waals surface area contributed by atoms with Crippen LogP contribution in [0.5, 0.6) is 0 Å². The molecule has 1 saturated heterocycles. The van der Waals surface area contributed by atoms with Gasteiger partial charge >= 0.3 is 0 Å². The average molecular weight is 200 g/mol. The smallest absolute Gasteiger partial charge is 0.246 e. The van der Waals surface area contributed by atoms with E-state index in [4.69, 9.17) is 5.21 Å². The molecule has 1 N–H and O–H groups in total. The summed E-state index contributed by atoms with van der Waals surface area (Å²) in [5.74, 6) is -0.150. The lowest BCUT2D eigenvalue weighted by molar-refractivity contribution is -0.711. The molecule has 0 aromatic carbocycles. The van der Waals surface area contributed by atoms with Crippen molar-refractivity contribution in [3.8, 4) is 0 Å². The van der Waals surface area contributed by atoms with Crippen LogP contribution in [0.15, 0.2) is 17.9 Å². The van der Waals surface area contributed by atoms with Gasteiger partial charge in [0.25, 0.3) is 0 Å². The van der Waals surface area contributed by atoms with Crippen LogP contribution >= 0.6 is 0 Å². The predicted octanol–water partition coefficient (Wildman–Crippen LogP) is -0.417. The van der Waals surface area contributed by atoms with E-state index in [-0.39, 0.29) is 10.9 Å². The van der Waals surface area contributed by atoms with Gasteiger partial charge < -0.3 is 15.3 Å². The van der Waals surface area contributed by atoms with E-state index in [0.29, 0.717) is 26.2 Å². The highest BCUT2D eigenvalue weighted by Gasteiger charge is 2.23.